The average Bonchev–Trinajstić information content (AvgIpc) is 3.85. The quantitative estimate of drug-likeness (QED) is 0.115. The zero-order valence-electron chi connectivity index (χ0n) is 47.7. The molecule has 0 saturated carbocycles. The van der Waals surface area contributed by atoms with Gasteiger partial charge in [0.05, 0.1) is 4.90 Å². The van der Waals surface area contributed by atoms with E-state index >= 15 is 0 Å². The van der Waals surface area contributed by atoms with Crippen molar-refractivity contribution in [2.24, 2.45) is 0 Å². The van der Waals surface area contributed by atoms with E-state index < -0.39 is 10.1 Å². The highest BCUT2D eigenvalue weighted by atomic mass is 32.2. The Morgan fingerprint density at radius 1 is 0.321 bits per heavy atom. The molecule has 418 valence electrons. The zero-order chi connectivity index (χ0) is 58.5. The normalized spacial score (nSPS) is 12.5. The molecule has 0 atom stereocenters. The smallest absolute Gasteiger partial charge is 0.294 e. The lowest BCUT2D eigenvalue weighted by Gasteiger charge is -2.19. The van der Waals surface area contributed by atoms with Gasteiger partial charge in [-0.05, 0) is 166 Å². The van der Waals surface area contributed by atoms with Crippen LogP contribution in [0.5, 0.6) is 46.0 Å². The van der Waals surface area contributed by atoms with E-state index in [1.807, 2.05) is 103 Å². The van der Waals surface area contributed by atoms with E-state index in [1.54, 1.807) is 6.07 Å². The molecule has 0 radical (unpaired) electrons. The zero-order valence-corrected chi connectivity index (χ0v) is 48.5. The van der Waals surface area contributed by atoms with Crippen LogP contribution in [0.4, 0.5) is 0 Å². The summed E-state index contributed by atoms with van der Waals surface area (Å²) in [5.41, 5.74) is 8.06. The maximum atomic E-state index is 11.9. The number of nitrogens with zero attached hydrogens (tertiary/aromatic N) is 6. The number of H-pyrrole nitrogens is 2. The van der Waals surface area contributed by atoms with Crippen molar-refractivity contribution in [3.63, 3.8) is 0 Å². The first-order valence-electron chi connectivity index (χ1n) is 27.5. The molecule has 0 unspecified atom stereocenters. The Morgan fingerprint density at radius 2 is 0.595 bits per heavy atom. The summed E-state index contributed by atoms with van der Waals surface area (Å²) in [7, 11) is -4.42. The van der Waals surface area contributed by atoms with Crippen molar-refractivity contribution in [3.05, 3.63) is 187 Å². The number of ether oxygens (including phenoxy) is 4. The topological polar surface area (TPSA) is 200 Å². The third-order valence-corrected chi connectivity index (χ3v) is 15.8. The predicted molar refractivity (Wildman–Crippen MR) is 328 cm³/mol. The van der Waals surface area contributed by atoms with Crippen molar-refractivity contribution in [1.82, 2.24) is 39.9 Å². The van der Waals surface area contributed by atoms with Crippen LogP contribution in [0.2, 0.25) is 0 Å². The fourth-order valence-corrected chi connectivity index (χ4v) is 10.7. The molecule has 0 aliphatic carbocycles. The Bertz CT molecular complexity index is 4670. The molecule has 2 aliphatic heterocycles. The third kappa shape index (κ3) is 10.6. The van der Waals surface area contributed by atoms with Crippen molar-refractivity contribution in [3.8, 4) is 91.5 Å². The van der Waals surface area contributed by atoms with Crippen LogP contribution in [0.15, 0.2) is 175 Å². The SMILES string of the molecule is CC(C)(C)c1ccc(Oc2ccc3c(c2)-c2nc-3nc3[nH]c(nc4nc(nc5[nH]c(n2)c2ccc(Oc6ccc(C(C)(C)C)cc6)cc52)-c2ccc(Oc5ccc(C(C)(C)C)cc5)cc2-4)c2ccc(Oc4ccc(S(=O)(=O)O)cc4)cc32)cc1. The molecule has 5 heterocycles. The molecule has 0 saturated heterocycles. The van der Waals surface area contributed by atoms with Crippen LogP contribution in [-0.4, -0.2) is 52.8 Å². The summed E-state index contributed by atoms with van der Waals surface area (Å²) in [6, 6.07) is 52.7. The van der Waals surface area contributed by atoms with Gasteiger partial charge in [0.1, 0.15) is 68.6 Å². The Labute approximate surface area is 485 Å². The van der Waals surface area contributed by atoms with Crippen LogP contribution < -0.4 is 18.9 Å². The first kappa shape index (κ1) is 53.5. The van der Waals surface area contributed by atoms with E-state index in [-0.39, 0.29) is 21.1 Å². The first-order chi connectivity index (χ1) is 40.0. The second-order valence-corrected chi connectivity index (χ2v) is 25.5. The van der Waals surface area contributed by atoms with Gasteiger partial charge in [-0.2, -0.15) is 8.42 Å². The molecule has 16 heteroatoms. The van der Waals surface area contributed by atoms with Gasteiger partial charge in [-0.15, -0.1) is 0 Å². The van der Waals surface area contributed by atoms with Gasteiger partial charge in [0, 0.05) is 43.8 Å². The lowest BCUT2D eigenvalue weighted by Crippen LogP contribution is -2.10. The molecule has 8 bridgehead atoms. The highest BCUT2D eigenvalue weighted by molar-refractivity contribution is 7.85. The van der Waals surface area contributed by atoms with Crippen LogP contribution >= 0.6 is 0 Å². The Hall–Kier alpha value is -9.77. The number of hydrogen-bond donors (Lipinski definition) is 3. The van der Waals surface area contributed by atoms with Crippen LogP contribution in [0.3, 0.4) is 0 Å². The summed E-state index contributed by atoms with van der Waals surface area (Å²) in [4.78, 5) is 38.4. The van der Waals surface area contributed by atoms with E-state index in [0.29, 0.717) is 125 Å². The number of aromatic nitrogens is 8. The highest BCUT2D eigenvalue weighted by Crippen LogP contribution is 2.42. The van der Waals surface area contributed by atoms with Crippen LogP contribution in [0.25, 0.3) is 89.7 Å². The minimum atomic E-state index is -4.42. The lowest BCUT2D eigenvalue weighted by atomic mass is 9.87. The molecule has 0 spiro atoms. The molecule has 3 aromatic heterocycles. The number of rotatable bonds is 9. The number of nitrogens with one attached hydrogen (secondary N) is 2. The summed E-state index contributed by atoms with van der Waals surface area (Å²) in [5, 5.41) is 2.79. The Kier molecular flexibility index (Phi) is 12.7. The second kappa shape index (κ2) is 20.0. The molecule has 2 aliphatic rings. The first-order valence-corrected chi connectivity index (χ1v) is 29.0. The summed E-state index contributed by atoms with van der Waals surface area (Å²) in [6.45, 7) is 19.6. The standard InChI is InChI=1S/C68H58N8O7S/c1-66(2,3)38-10-16-41(17-11-38)80-45-24-30-50-54(34-45)62-69-58(50)71-63-56-36-47(82-43-20-14-40(15-21-43)68(7,8)9)26-32-52(56)60(73-63)75-65-57-37-48(83-44-22-28-49(29-23-44)84(77,78)79)27-33-53(57)61(76-65)74-64-55-35-46(25-31-51(55)59(70-62)72-64)81-42-18-12-39(13-19-42)67(4,5)6/h10-37H,1-9H3,(H,77,78,79)(H2,69,70,71,72,73,74,75,76). The summed E-state index contributed by atoms with van der Waals surface area (Å²) >= 11 is 0. The fraction of sp³-hybridized carbons (Fsp3) is 0.176. The van der Waals surface area contributed by atoms with E-state index in [9.17, 15) is 13.0 Å². The maximum Gasteiger partial charge on any atom is 0.294 e. The van der Waals surface area contributed by atoms with Crippen molar-refractivity contribution < 1.29 is 31.9 Å². The Balaban J connectivity index is 1.02. The summed E-state index contributed by atoms with van der Waals surface area (Å²) < 4.78 is 59.2. The van der Waals surface area contributed by atoms with Gasteiger partial charge in [0.25, 0.3) is 10.1 Å². The van der Waals surface area contributed by atoms with Gasteiger partial charge in [-0.1, -0.05) is 98.7 Å². The highest BCUT2D eigenvalue weighted by Gasteiger charge is 2.25. The maximum absolute atomic E-state index is 11.9. The van der Waals surface area contributed by atoms with Gasteiger partial charge in [-0.3, -0.25) is 4.55 Å². The van der Waals surface area contributed by atoms with E-state index in [1.165, 1.54) is 41.0 Å². The average molecular weight is 1130 g/mol. The van der Waals surface area contributed by atoms with Gasteiger partial charge >= 0.3 is 0 Å². The lowest BCUT2D eigenvalue weighted by molar-refractivity contribution is 0.478. The van der Waals surface area contributed by atoms with Crippen molar-refractivity contribution in [2.45, 2.75) is 83.5 Å². The molecule has 84 heavy (non-hydrogen) atoms. The van der Waals surface area contributed by atoms with E-state index in [0.717, 1.165) is 10.8 Å². The monoisotopic (exact) mass is 1130 g/mol. The van der Waals surface area contributed by atoms with Crippen molar-refractivity contribution in [2.75, 3.05) is 0 Å². The number of aromatic amines is 2. The van der Waals surface area contributed by atoms with Gasteiger partial charge in [0.15, 0.2) is 23.3 Å². The van der Waals surface area contributed by atoms with Crippen molar-refractivity contribution >= 4 is 54.3 Å². The fourth-order valence-electron chi connectivity index (χ4n) is 10.3. The molecule has 13 rings (SSSR count). The molecule has 15 nitrogen and oxygen atoms in total. The number of fused-ring (bicyclic) bond motifs is 20. The summed E-state index contributed by atoms with van der Waals surface area (Å²) in [6.07, 6.45) is 0. The van der Waals surface area contributed by atoms with Gasteiger partial charge < -0.3 is 28.9 Å². The van der Waals surface area contributed by atoms with Gasteiger partial charge in [0.2, 0.25) is 0 Å². The van der Waals surface area contributed by atoms with E-state index in [2.05, 4.69) is 109 Å². The van der Waals surface area contributed by atoms with E-state index in [4.69, 9.17) is 48.9 Å². The molecular formula is C68H58N8O7S. The Morgan fingerprint density at radius 3 is 0.917 bits per heavy atom. The van der Waals surface area contributed by atoms with Gasteiger partial charge in [-0.25, -0.2) is 29.9 Å². The molecule has 3 N–H and O–H groups in total. The third-order valence-electron chi connectivity index (χ3n) is 14.9. The van der Waals surface area contributed by atoms with Crippen LogP contribution in [0, 0.1) is 0 Å². The predicted octanol–water partition coefficient (Wildman–Crippen LogP) is 17.2. The number of benzene rings is 8. The number of hydrogen-bond acceptors (Lipinski definition) is 12. The minimum Gasteiger partial charge on any atom is -0.457 e. The minimum absolute atomic E-state index is 0.0216. The molecule has 8 aromatic carbocycles. The summed E-state index contributed by atoms with van der Waals surface area (Å²) in [5.74, 6) is 6.03. The molecule has 0 fully saturated rings. The van der Waals surface area contributed by atoms with Crippen LogP contribution in [0.1, 0.15) is 79.0 Å². The van der Waals surface area contributed by atoms with Crippen LogP contribution in [-0.2, 0) is 26.4 Å². The second-order valence-electron chi connectivity index (χ2n) is 24.1. The van der Waals surface area contributed by atoms with Crippen molar-refractivity contribution in [1.29, 1.82) is 0 Å². The largest absolute Gasteiger partial charge is 0.457 e. The molecule has 0 amide bonds. The molecular weight excluding hydrogens is 1070 g/mol. The molecule has 11 aromatic rings.